The summed E-state index contributed by atoms with van der Waals surface area (Å²) in [4.78, 5) is 18.5. The van der Waals surface area contributed by atoms with E-state index in [9.17, 15) is 4.79 Å². The Hall–Kier alpha value is -3.97. The molecule has 4 aromatic rings. The Morgan fingerprint density at radius 2 is 1.82 bits per heavy atom. The van der Waals surface area contributed by atoms with Crippen LogP contribution >= 0.6 is 11.6 Å². The minimum absolute atomic E-state index is 0.245. The maximum absolute atomic E-state index is 13.7. The molecule has 1 aliphatic rings. The van der Waals surface area contributed by atoms with Gasteiger partial charge in [0, 0.05) is 22.0 Å². The average Bonchev–Trinajstić information content (AvgIpc) is 3.22. The number of imidazole rings is 1. The van der Waals surface area contributed by atoms with E-state index >= 15 is 0 Å². The second-order valence-corrected chi connectivity index (χ2v) is 8.37. The lowest BCUT2D eigenvalue weighted by Gasteiger charge is -2.31. The van der Waals surface area contributed by atoms with Gasteiger partial charge >= 0.3 is 0 Å². The molecular weight excluding hydrogens is 452 g/mol. The maximum atomic E-state index is 13.7. The zero-order valence-corrected chi connectivity index (χ0v) is 19.7. The molecule has 1 aromatic heterocycles. The lowest BCUT2D eigenvalue weighted by molar-refractivity contribution is -0.113. The first-order chi connectivity index (χ1) is 16.5. The van der Waals surface area contributed by atoms with Crippen LogP contribution in [0.25, 0.3) is 11.0 Å². The lowest BCUT2D eigenvalue weighted by Crippen LogP contribution is -2.31. The van der Waals surface area contributed by atoms with E-state index in [1.165, 1.54) is 0 Å². The van der Waals surface area contributed by atoms with E-state index in [0.717, 1.165) is 16.6 Å². The molecule has 2 N–H and O–H groups in total. The van der Waals surface area contributed by atoms with Crippen LogP contribution in [-0.4, -0.2) is 29.7 Å². The van der Waals surface area contributed by atoms with Crippen molar-refractivity contribution in [3.8, 4) is 11.5 Å². The van der Waals surface area contributed by atoms with Gasteiger partial charge in [0.05, 0.1) is 36.9 Å². The van der Waals surface area contributed by atoms with Crippen molar-refractivity contribution in [2.45, 2.75) is 13.0 Å². The highest BCUT2D eigenvalue weighted by Crippen LogP contribution is 2.43. The molecule has 1 aliphatic heterocycles. The van der Waals surface area contributed by atoms with Crippen molar-refractivity contribution in [2.24, 2.45) is 0 Å². The smallest absolute Gasteiger partial charge is 0.255 e. The zero-order chi connectivity index (χ0) is 23.8. The Morgan fingerprint density at radius 3 is 2.56 bits per heavy atom. The molecule has 1 atom stereocenters. The standard InChI is InChI=1S/C26H23ClN4O3/c1-15-23(25(32)29-17-10-8-16(27)9-11-17)24(19-14-18(33-2)12-13-22(19)34-3)31-21-7-5-4-6-20(21)30-26(31)28-15/h4-14,24H,1-3H3,(H,28,30)(H,29,32). The van der Waals surface area contributed by atoms with Crippen LogP contribution in [0.3, 0.4) is 0 Å². The topological polar surface area (TPSA) is 77.4 Å². The van der Waals surface area contributed by atoms with Gasteiger partial charge in [-0.3, -0.25) is 9.36 Å². The van der Waals surface area contributed by atoms with Crippen LogP contribution in [0.15, 0.2) is 78.0 Å². The molecule has 0 saturated carbocycles. The number of aromatic nitrogens is 2. The molecule has 0 radical (unpaired) electrons. The number of allylic oxidation sites excluding steroid dienone is 1. The Morgan fingerprint density at radius 1 is 1.06 bits per heavy atom. The van der Waals surface area contributed by atoms with Gasteiger partial charge in [-0.05, 0) is 61.5 Å². The molecule has 1 unspecified atom stereocenters. The molecule has 0 spiro atoms. The SMILES string of the molecule is COc1ccc(OC)c(C2C(C(=O)Nc3ccc(Cl)cc3)=C(C)Nc3nc4ccccc4n32)c1. The molecule has 2 heterocycles. The number of fused-ring (bicyclic) bond motifs is 3. The van der Waals surface area contributed by atoms with E-state index in [4.69, 9.17) is 26.1 Å². The van der Waals surface area contributed by atoms with Crippen LogP contribution in [0.1, 0.15) is 18.5 Å². The number of carbonyl (C=O) groups is 1. The summed E-state index contributed by atoms with van der Waals surface area (Å²) in [5, 5.41) is 6.92. The Bertz CT molecular complexity index is 1430. The molecule has 1 amide bonds. The van der Waals surface area contributed by atoms with Crippen molar-refractivity contribution in [1.82, 2.24) is 9.55 Å². The molecular formula is C26H23ClN4O3. The van der Waals surface area contributed by atoms with Crippen LogP contribution in [0.4, 0.5) is 11.6 Å². The van der Waals surface area contributed by atoms with Crippen molar-refractivity contribution in [3.05, 3.63) is 88.6 Å². The molecule has 5 rings (SSSR count). The maximum Gasteiger partial charge on any atom is 0.255 e. The summed E-state index contributed by atoms with van der Waals surface area (Å²) in [6.07, 6.45) is 0. The number of nitrogens with one attached hydrogen (secondary N) is 2. The van der Waals surface area contributed by atoms with Crippen molar-refractivity contribution in [3.63, 3.8) is 0 Å². The Balaban J connectivity index is 1.71. The Kier molecular flexibility index (Phi) is 5.63. The molecule has 0 saturated heterocycles. The summed E-state index contributed by atoms with van der Waals surface area (Å²) in [6, 6.07) is 19.9. The number of anilines is 2. The van der Waals surface area contributed by atoms with Crippen molar-refractivity contribution in [1.29, 1.82) is 0 Å². The van der Waals surface area contributed by atoms with Crippen molar-refractivity contribution in [2.75, 3.05) is 24.9 Å². The van der Waals surface area contributed by atoms with E-state index in [1.807, 2.05) is 54.0 Å². The minimum atomic E-state index is -0.513. The van der Waals surface area contributed by atoms with Crippen LogP contribution in [0.2, 0.25) is 5.02 Å². The van der Waals surface area contributed by atoms with E-state index in [0.29, 0.717) is 39.4 Å². The third kappa shape index (κ3) is 3.74. The number of amides is 1. The van der Waals surface area contributed by atoms with Crippen molar-refractivity contribution >= 4 is 40.2 Å². The number of hydrogen-bond donors (Lipinski definition) is 2. The van der Waals surface area contributed by atoms with Crippen LogP contribution in [-0.2, 0) is 4.79 Å². The predicted molar refractivity (Wildman–Crippen MR) is 134 cm³/mol. The van der Waals surface area contributed by atoms with Gasteiger partial charge < -0.3 is 20.1 Å². The number of para-hydroxylation sites is 2. The number of ether oxygens (including phenoxy) is 2. The highest BCUT2D eigenvalue weighted by molar-refractivity contribution is 6.30. The molecule has 0 fully saturated rings. The van der Waals surface area contributed by atoms with Crippen LogP contribution in [0.5, 0.6) is 11.5 Å². The number of halogens is 1. The average molecular weight is 475 g/mol. The quantitative estimate of drug-likeness (QED) is 0.391. The van der Waals surface area contributed by atoms with Gasteiger partial charge in [-0.25, -0.2) is 4.98 Å². The van der Waals surface area contributed by atoms with E-state index < -0.39 is 6.04 Å². The number of hydrogen-bond acceptors (Lipinski definition) is 5. The first kappa shape index (κ1) is 21.9. The van der Waals surface area contributed by atoms with Crippen LogP contribution < -0.4 is 20.1 Å². The summed E-state index contributed by atoms with van der Waals surface area (Å²) in [7, 11) is 3.23. The highest BCUT2D eigenvalue weighted by Gasteiger charge is 2.36. The highest BCUT2D eigenvalue weighted by atomic mass is 35.5. The number of rotatable bonds is 5. The van der Waals surface area contributed by atoms with Gasteiger partial charge in [-0.2, -0.15) is 0 Å². The summed E-state index contributed by atoms with van der Waals surface area (Å²) >= 11 is 6.02. The number of carbonyl (C=O) groups excluding carboxylic acids is 1. The number of benzene rings is 3. The van der Waals surface area contributed by atoms with Gasteiger partial charge in [0.2, 0.25) is 5.95 Å². The lowest BCUT2D eigenvalue weighted by atomic mass is 9.93. The van der Waals surface area contributed by atoms with Gasteiger partial charge in [-0.15, -0.1) is 0 Å². The minimum Gasteiger partial charge on any atom is -0.497 e. The van der Waals surface area contributed by atoms with E-state index in [-0.39, 0.29) is 5.91 Å². The molecule has 8 heteroatoms. The van der Waals surface area contributed by atoms with Gasteiger partial charge in [0.25, 0.3) is 5.91 Å². The fourth-order valence-corrected chi connectivity index (χ4v) is 4.46. The second-order valence-electron chi connectivity index (χ2n) is 7.93. The number of nitrogens with zero attached hydrogens (tertiary/aromatic N) is 2. The molecule has 172 valence electrons. The van der Waals surface area contributed by atoms with Gasteiger partial charge in [-0.1, -0.05) is 23.7 Å². The summed E-state index contributed by atoms with van der Waals surface area (Å²) in [6.45, 7) is 1.87. The predicted octanol–water partition coefficient (Wildman–Crippen LogP) is 5.63. The third-order valence-corrected chi connectivity index (χ3v) is 6.16. The van der Waals surface area contributed by atoms with E-state index in [1.54, 1.807) is 38.5 Å². The molecule has 7 nitrogen and oxygen atoms in total. The van der Waals surface area contributed by atoms with Gasteiger partial charge in [0.15, 0.2) is 0 Å². The largest absolute Gasteiger partial charge is 0.497 e. The third-order valence-electron chi connectivity index (χ3n) is 5.91. The first-order valence-corrected chi connectivity index (χ1v) is 11.1. The van der Waals surface area contributed by atoms with Gasteiger partial charge in [0.1, 0.15) is 11.5 Å². The number of methoxy groups -OCH3 is 2. The monoisotopic (exact) mass is 474 g/mol. The van der Waals surface area contributed by atoms with Crippen molar-refractivity contribution < 1.29 is 14.3 Å². The zero-order valence-electron chi connectivity index (χ0n) is 18.9. The fraction of sp³-hybridized carbons (Fsp3) is 0.154. The van der Waals surface area contributed by atoms with Crippen LogP contribution in [0, 0.1) is 0 Å². The second kappa shape index (κ2) is 8.76. The summed E-state index contributed by atoms with van der Waals surface area (Å²) in [5.41, 5.74) is 4.38. The first-order valence-electron chi connectivity index (χ1n) is 10.7. The Labute approximate surface area is 202 Å². The summed E-state index contributed by atoms with van der Waals surface area (Å²) in [5.74, 6) is 1.71. The summed E-state index contributed by atoms with van der Waals surface area (Å²) < 4.78 is 13.2. The normalized spacial score (nSPS) is 15.0. The van der Waals surface area contributed by atoms with E-state index in [2.05, 4.69) is 10.6 Å². The molecule has 34 heavy (non-hydrogen) atoms. The molecule has 0 bridgehead atoms. The molecule has 0 aliphatic carbocycles. The fourth-order valence-electron chi connectivity index (χ4n) is 4.34. The molecule has 3 aromatic carbocycles.